The van der Waals surface area contributed by atoms with E-state index >= 15 is 0 Å². The van der Waals surface area contributed by atoms with E-state index in [9.17, 15) is 9.18 Å². The number of hydrogen-bond acceptors (Lipinski definition) is 2. The lowest BCUT2D eigenvalue weighted by molar-refractivity contribution is -0.139. The van der Waals surface area contributed by atoms with Crippen molar-refractivity contribution >= 4 is 17.6 Å². The zero-order chi connectivity index (χ0) is 14.7. The van der Waals surface area contributed by atoms with Gasteiger partial charge in [-0.2, -0.15) is 0 Å². The fourth-order valence-electron chi connectivity index (χ4n) is 2.78. The van der Waals surface area contributed by atoms with Gasteiger partial charge < -0.3 is 10.4 Å². The van der Waals surface area contributed by atoms with E-state index in [-0.39, 0.29) is 11.9 Å². The molecule has 0 bridgehead atoms. The predicted molar refractivity (Wildman–Crippen MR) is 76.7 cm³/mol. The van der Waals surface area contributed by atoms with Crippen molar-refractivity contribution in [3.63, 3.8) is 0 Å². The van der Waals surface area contributed by atoms with Crippen LogP contribution in [-0.2, 0) is 17.6 Å². The smallest absolute Gasteiger partial charge is 0.320 e. The summed E-state index contributed by atoms with van der Waals surface area (Å²) in [6.07, 6.45) is 3.44. The number of carboxylic acid groups (broad SMARTS) is 1. The van der Waals surface area contributed by atoms with Gasteiger partial charge >= 0.3 is 5.97 Å². The molecular weight excluding hydrogens is 281 g/mol. The largest absolute Gasteiger partial charge is 0.480 e. The van der Waals surface area contributed by atoms with E-state index in [1.807, 2.05) is 6.92 Å². The molecular formula is C15H19ClFNO2. The lowest BCUT2D eigenvalue weighted by Gasteiger charge is -2.28. The number of aliphatic carboxylic acids is 1. The highest BCUT2D eigenvalue weighted by Gasteiger charge is 2.26. The summed E-state index contributed by atoms with van der Waals surface area (Å²) < 4.78 is 13.9. The van der Waals surface area contributed by atoms with Crippen LogP contribution in [0.4, 0.5) is 4.39 Å². The quantitative estimate of drug-likeness (QED) is 0.878. The molecule has 0 heterocycles. The molecule has 0 aliphatic heterocycles. The minimum atomic E-state index is -0.839. The van der Waals surface area contributed by atoms with E-state index in [1.54, 1.807) is 6.07 Å². The van der Waals surface area contributed by atoms with E-state index in [0.717, 1.165) is 24.8 Å². The first-order valence-electron chi connectivity index (χ1n) is 6.97. The van der Waals surface area contributed by atoms with Crippen LogP contribution in [0.1, 0.15) is 37.3 Å². The van der Waals surface area contributed by atoms with Crippen molar-refractivity contribution in [3.8, 4) is 0 Å². The Labute approximate surface area is 123 Å². The van der Waals surface area contributed by atoms with Crippen molar-refractivity contribution in [3.05, 3.63) is 34.1 Å². The van der Waals surface area contributed by atoms with Crippen molar-refractivity contribution < 1.29 is 14.3 Å². The first-order chi connectivity index (χ1) is 9.51. The number of halogens is 2. The van der Waals surface area contributed by atoms with Crippen molar-refractivity contribution in [2.45, 2.75) is 51.1 Å². The average Bonchev–Trinajstić information content (AvgIpc) is 2.38. The van der Waals surface area contributed by atoms with E-state index < -0.39 is 12.0 Å². The molecule has 0 radical (unpaired) electrons. The molecule has 110 valence electrons. The van der Waals surface area contributed by atoms with Crippen LogP contribution in [0.5, 0.6) is 0 Å². The third-order valence-corrected chi connectivity index (χ3v) is 4.00. The maximum Gasteiger partial charge on any atom is 0.320 e. The third-order valence-electron chi connectivity index (χ3n) is 3.78. The van der Waals surface area contributed by atoms with Gasteiger partial charge in [-0.1, -0.05) is 24.9 Å². The molecule has 0 aromatic heterocycles. The molecule has 1 aromatic carbocycles. The Morgan fingerprint density at radius 1 is 1.60 bits per heavy atom. The summed E-state index contributed by atoms with van der Waals surface area (Å²) in [5.74, 6) is -1.13. The number of fused-ring (bicyclic) bond motifs is 1. The summed E-state index contributed by atoms with van der Waals surface area (Å²) in [7, 11) is 0. The van der Waals surface area contributed by atoms with Crippen LogP contribution >= 0.6 is 11.6 Å². The third kappa shape index (κ3) is 3.49. The molecule has 1 aliphatic rings. The van der Waals surface area contributed by atoms with Gasteiger partial charge in [0.25, 0.3) is 0 Å². The minimum absolute atomic E-state index is 0.00539. The normalized spacial score (nSPS) is 19.4. The van der Waals surface area contributed by atoms with Crippen LogP contribution in [-0.4, -0.2) is 23.2 Å². The number of benzene rings is 1. The SMILES string of the molecule is CCC[C@H](N[C@H]1CCc2cc(Cl)cc(F)c2C1)C(=O)O. The van der Waals surface area contributed by atoms with Gasteiger partial charge in [-0.25, -0.2) is 4.39 Å². The van der Waals surface area contributed by atoms with Crippen LogP contribution < -0.4 is 5.32 Å². The Morgan fingerprint density at radius 2 is 2.35 bits per heavy atom. The summed E-state index contributed by atoms with van der Waals surface area (Å²) in [4.78, 5) is 11.2. The monoisotopic (exact) mass is 299 g/mol. The molecule has 0 spiro atoms. The van der Waals surface area contributed by atoms with E-state index in [2.05, 4.69) is 5.32 Å². The highest BCUT2D eigenvalue weighted by atomic mass is 35.5. The van der Waals surface area contributed by atoms with Gasteiger partial charge in [-0.05, 0) is 48.9 Å². The van der Waals surface area contributed by atoms with Crippen LogP contribution in [0.3, 0.4) is 0 Å². The van der Waals surface area contributed by atoms with Gasteiger partial charge in [0.1, 0.15) is 11.9 Å². The lowest BCUT2D eigenvalue weighted by atomic mass is 9.87. The number of hydrogen-bond donors (Lipinski definition) is 2. The molecule has 0 saturated heterocycles. The summed E-state index contributed by atoms with van der Waals surface area (Å²) in [5.41, 5.74) is 1.61. The maximum atomic E-state index is 13.9. The Balaban J connectivity index is 2.09. The Bertz CT molecular complexity index is 507. The Morgan fingerprint density at radius 3 is 3.00 bits per heavy atom. The number of carboxylic acids is 1. The number of rotatable bonds is 5. The van der Waals surface area contributed by atoms with E-state index in [4.69, 9.17) is 16.7 Å². The summed E-state index contributed by atoms with van der Waals surface area (Å²) in [6.45, 7) is 1.95. The fraction of sp³-hybridized carbons (Fsp3) is 0.533. The van der Waals surface area contributed by atoms with Crippen molar-refractivity contribution in [1.29, 1.82) is 0 Å². The van der Waals surface area contributed by atoms with E-state index in [1.165, 1.54) is 6.07 Å². The topological polar surface area (TPSA) is 49.3 Å². The van der Waals surface area contributed by atoms with Crippen LogP contribution in [0.2, 0.25) is 5.02 Å². The second kappa shape index (κ2) is 6.55. The molecule has 2 N–H and O–H groups in total. The fourth-order valence-corrected chi connectivity index (χ4v) is 3.01. The van der Waals surface area contributed by atoms with Crippen molar-refractivity contribution in [1.82, 2.24) is 5.32 Å². The van der Waals surface area contributed by atoms with Crippen molar-refractivity contribution in [2.24, 2.45) is 0 Å². The molecule has 0 unspecified atom stereocenters. The van der Waals surface area contributed by atoms with Crippen molar-refractivity contribution in [2.75, 3.05) is 0 Å². The van der Waals surface area contributed by atoms with Gasteiger partial charge in [0.05, 0.1) is 0 Å². The highest BCUT2D eigenvalue weighted by molar-refractivity contribution is 6.30. The number of nitrogens with one attached hydrogen (secondary N) is 1. The van der Waals surface area contributed by atoms with Gasteiger partial charge in [-0.15, -0.1) is 0 Å². The zero-order valence-corrected chi connectivity index (χ0v) is 12.2. The predicted octanol–water partition coefficient (Wildman–Crippen LogP) is 3.18. The molecule has 5 heteroatoms. The molecule has 0 fully saturated rings. The Kier molecular flexibility index (Phi) is 5.00. The maximum absolute atomic E-state index is 13.9. The van der Waals surface area contributed by atoms with E-state index in [0.29, 0.717) is 23.4 Å². The summed E-state index contributed by atoms with van der Waals surface area (Å²) in [6, 6.07) is 2.58. The Hall–Kier alpha value is -1.13. The van der Waals surface area contributed by atoms with Crippen LogP contribution in [0, 0.1) is 5.82 Å². The molecule has 20 heavy (non-hydrogen) atoms. The molecule has 3 nitrogen and oxygen atoms in total. The second-order valence-corrected chi connectivity index (χ2v) is 5.75. The summed E-state index contributed by atoms with van der Waals surface area (Å²) >= 11 is 5.85. The molecule has 0 amide bonds. The molecule has 0 saturated carbocycles. The average molecular weight is 300 g/mol. The van der Waals surface area contributed by atoms with Crippen LogP contribution in [0.15, 0.2) is 12.1 Å². The molecule has 1 aromatic rings. The summed E-state index contributed by atoms with van der Waals surface area (Å²) in [5, 5.41) is 12.7. The molecule has 2 atom stereocenters. The standard InChI is InChI=1S/C15H19ClFNO2/c1-2-3-14(15(19)20)18-11-5-4-9-6-10(16)7-13(17)12(9)8-11/h6-7,11,14,18H,2-5,8H2,1H3,(H,19,20)/t11-,14-/m0/s1. The minimum Gasteiger partial charge on any atom is -0.480 e. The van der Waals surface area contributed by atoms with Gasteiger partial charge in [0, 0.05) is 11.1 Å². The lowest BCUT2D eigenvalue weighted by Crippen LogP contribution is -2.45. The van der Waals surface area contributed by atoms with Gasteiger partial charge in [0.15, 0.2) is 0 Å². The zero-order valence-electron chi connectivity index (χ0n) is 11.5. The first-order valence-corrected chi connectivity index (χ1v) is 7.34. The van der Waals surface area contributed by atoms with Gasteiger partial charge in [0.2, 0.25) is 0 Å². The van der Waals surface area contributed by atoms with Crippen LogP contribution in [0.25, 0.3) is 0 Å². The highest BCUT2D eigenvalue weighted by Crippen LogP contribution is 2.27. The second-order valence-electron chi connectivity index (χ2n) is 5.31. The molecule has 2 rings (SSSR count). The first kappa shape index (κ1) is 15.3. The molecule has 1 aliphatic carbocycles. The van der Waals surface area contributed by atoms with Gasteiger partial charge in [-0.3, -0.25) is 4.79 Å². The number of aryl methyl sites for hydroxylation is 1. The number of carbonyl (C=O) groups is 1.